The zero-order chi connectivity index (χ0) is 13.0. The average Bonchev–Trinajstić information content (AvgIpc) is 2.86. The van der Waals surface area contributed by atoms with E-state index in [0.29, 0.717) is 30.4 Å². The number of imidazole rings is 1. The highest BCUT2D eigenvalue weighted by molar-refractivity contribution is 5.83. The van der Waals surface area contributed by atoms with E-state index in [4.69, 9.17) is 0 Å². The smallest absolute Gasteiger partial charge is 0.226 e. The third kappa shape index (κ3) is 2.67. The van der Waals surface area contributed by atoms with E-state index < -0.39 is 0 Å². The maximum Gasteiger partial charge on any atom is 0.226 e. The van der Waals surface area contributed by atoms with Crippen LogP contribution in [0.5, 0.6) is 0 Å². The van der Waals surface area contributed by atoms with Gasteiger partial charge in [-0.15, -0.1) is 0 Å². The molecule has 0 bridgehead atoms. The maximum atomic E-state index is 9.50. The van der Waals surface area contributed by atoms with Crippen molar-refractivity contribution in [3.8, 4) is 0 Å². The first-order valence-electron chi connectivity index (χ1n) is 6.05. The molecule has 0 saturated carbocycles. The number of anilines is 2. The Bertz CT molecular complexity index is 511. The normalized spacial score (nSPS) is 12.6. The molecule has 2 rings (SSSR count). The molecular weight excluding hydrogens is 232 g/mol. The predicted octanol–water partition coefficient (Wildman–Crippen LogP) is 0.967. The Morgan fingerprint density at radius 1 is 1.44 bits per heavy atom. The zero-order valence-electron chi connectivity index (χ0n) is 10.6. The van der Waals surface area contributed by atoms with Crippen molar-refractivity contribution in [2.24, 2.45) is 0 Å². The summed E-state index contributed by atoms with van der Waals surface area (Å²) in [5, 5.41) is 15.6. The molecule has 0 radical (unpaired) electrons. The van der Waals surface area contributed by atoms with Gasteiger partial charge in [0.2, 0.25) is 5.95 Å². The van der Waals surface area contributed by atoms with Crippen molar-refractivity contribution in [1.82, 2.24) is 19.9 Å². The number of aromatic nitrogens is 4. The van der Waals surface area contributed by atoms with Crippen LogP contribution in [0.1, 0.15) is 19.8 Å². The molecular formula is C11H18N6O. The molecule has 2 heterocycles. The summed E-state index contributed by atoms with van der Waals surface area (Å²) >= 11 is 0. The molecule has 7 heteroatoms. The Morgan fingerprint density at radius 3 is 3.00 bits per heavy atom. The van der Waals surface area contributed by atoms with Crippen LogP contribution in [0.4, 0.5) is 11.8 Å². The minimum Gasteiger partial charge on any atom is -0.393 e. The summed E-state index contributed by atoms with van der Waals surface area (Å²) in [4.78, 5) is 15.7. The minimum atomic E-state index is -0.277. The standard InChI is InChI=1S/C11H18N6O/c1-3-7(18)4-5-13-9-8-10(15-6-14-8)17-11(12-2)16-9/h6-7,18H,3-5H2,1-2H3,(H3,12,13,14,15,16,17). The summed E-state index contributed by atoms with van der Waals surface area (Å²) < 4.78 is 0. The van der Waals surface area contributed by atoms with E-state index in [2.05, 4.69) is 30.6 Å². The fourth-order valence-electron chi connectivity index (χ4n) is 1.63. The quantitative estimate of drug-likeness (QED) is 0.609. The van der Waals surface area contributed by atoms with E-state index in [1.165, 1.54) is 0 Å². The molecule has 0 aliphatic heterocycles. The number of hydrogen-bond donors (Lipinski definition) is 4. The summed E-state index contributed by atoms with van der Waals surface area (Å²) in [6.07, 6.45) is 2.75. The summed E-state index contributed by atoms with van der Waals surface area (Å²) in [6, 6.07) is 0. The third-order valence-electron chi connectivity index (χ3n) is 2.75. The number of nitrogens with one attached hydrogen (secondary N) is 3. The molecule has 4 N–H and O–H groups in total. The van der Waals surface area contributed by atoms with Crippen molar-refractivity contribution >= 4 is 22.9 Å². The number of aromatic amines is 1. The number of fused-ring (bicyclic) bond motifs is 1. The maximum absolute atomic E-state index is 9.50. The van der Waals surface area contributed by atoms with Gasteiger partial charge in [0.05, 0.1) is 12.4 Å². The zero-order valence-corrected chi connectivity index (χ0v) is 10.6. The lowest BCUT2D eigenvalue weighted by Crippen LogP contribution is -2.13. The molecule has 0 fully saturated rings. The van der Waals surface area contributed by atoms with Crippen LogP contribution in [0.25, 0.3) is 11.2 Å². The highest BCUT2D eigenvalue weighted by Gasteiger charge is 2.09. The van der Waals surface area contributed by atoms with Crippen molar-refractivity contribution < 1.29 is 5.11 Å². The van der Waals surface area contributed by atoms with Crippen molar-refractivity contribution in [2.45, 2.75) is 25.9 Å². The first-order chi connectivity index (χ1) is 8.74. The molecule has 1 atom stereocenters. The SMILES string of the molecule is CCC(O)CCNc1nc(NC)nc2nc[nH]c12. The van der Waals surface area contributed by atoms with Crippen molar-refractivity contribution in [2.75, 3.05) is 24.2 Å². The van der Waals surface area contributed by atoms with E-state index >= 15 is 0 Å². The number of nitrogens with zero attached hydrogens (tertiary/aromatic N) is 3. The molecule has 0 aliphatic rings. The van der Waals surface area contributed by atoms with Gasteiger partial charge in [0.15, 0.2) is 11.5 Å². The number of aliphatic hydroxyl groups is 1. The van der Waals surface area contributed by atoms with Crippen LogP contribution in [0.3, 0.4) is 0 Å². The van der Waals surface area contributed by atoms with E-state index in [-0.39, 0.29) is 6.10 Å². The summed E-state index contributed by atoms with van der Waals surface area (Å²) in [6.45, 7) is 2.62. The lowest BCUT2D eigenvalue weighted by atomic mass is 10.2. The molecule has 98 valence electrons. The Hall–Kier alpha value is -1.89. The summed E-state index contributed by atoms with van der Waals surface area (Å²) in [5.41, 5.74) is 1.40. The molecule has 7 nitrogen and oxygen atoms in total. The van der Waals surface area contributed by atoms with Gasteiger partial charge in [-0.3, -0.25) is 0 Å². The van der Waals surface area contributed by atoms with Gasteiger partial charge in [-0.2, -0.15) is 9.97 Å². The summed E-state index contributed by atoms with van der Waals surface area (Å²) in [7, 11) is 1.76. The lowest BCUT2D eigenvalue weighted by molar-refractivity contribution is 0.164. The monoisotopic (exact) mass is 250 g/mol. The topological polar surface area (TPSA) is 98.8 Å². The second-order valence-electron chi connectivity index (χ2n) is 4.02. The largest absolute Gasteiger partial charge is 0.393 e. The van der Waals surface area contributed by atoms with E-state index in [9.17, 15) is 5.11 Å². The van der Waals surface area contributed by atoms with Crippen molar-refractivity contribution in [3.05, 3.63) is 6.33 Å². The molecule has 0 aromatic carbocycles. The van der Waals surface area contributed by atoms with E-state index in [1.54, 1.807) is 13.4 Å². The number of aliphatic hydroxyl groups excluding tert-OH is 1. The van der Waals surface area contributed by atoms with Crippen LogP contribution in [-0.2, 0) is 0 Å². The average molecular weight is 250 g/mol. The van der Waals surface area contributed by atoms with Gasteiger partial charge in [0.1, 0.15) is 5.52 Å². The molecule has 0 spiro atoms. The van der Waals surface area contributed by atoms with Crippen LogP contribution in [0.15, 0.2) is 6.33 Å². The molecule has 0 aliphatic carbocycles. The molecule has 0 saturated heterocycles. The Kier molecular flexibility index (Phi) is 3.93. The van der Waals surface area contributed by atoms with Crippen LogP contribution in [0, 0.1) is 0 Å². The fraction of sp³-hybridized carbons (Fsp3) is 0.545. The Labute approximate surface area is 105 Å². The van der Waals surface area contributed by atoms with Gasteiger partial charge in [0, 0.05) is 13.6 Å². The Morgan fingerprint density at radius 2 is 2.28 bits per heavy atom. The lowest BCUT2D eigenvalue weighted by Gasteiger charge is -2.10. The third-order valence-corrected chi connectivity index (χ3v) is 2.75. The first kappa shape index (κ1) is 12.6. The van der Waals surface area contributed by atoms with Crippen LogP contribution in [-0.4, -0.2) is 44.7 Å². The second-order valence-corrected chi connectivity index (χ2v) is 4.02. The van der Waals surface area contributed by atoms with Crippen LogP contribution in [0.2, 0.25) is 0 Å². The Balaban J connectivity index is 2.13. The van der Waals surface area contributed by atoms with Gasteiger partial charge in [0.25, 0.3) is 0 Å². The molecule has 0 amide bonds. The molecule has 2 aromatic heterocycles. The number of rotatable bonds is 6. The van der Waals surface area contributed by atoms with Gasteiger partial charge in [-0.1, -0.05) is 6.92 Å². The van der Waals surface area contributed by atoms with Gasteiger partial charge >= 0.3 is 0 Å². The first-order valence-corrected chi connectivity index (χ1v) is 6.05. The van der Waals surface area contributed by atoms with Gasteiger partial charge < -0.3 is 20.7 Å². The van der Waals surface area contributed by atoms with Crippen LogP contribution < -0.4 is 10.6 Å². The number of H-pyrrole nitrogens is 1. The molecule has 18 heavy (non-hydrogen) atoms. The van der Waals surface area contributed by atoms with Crippen LogP contribution >= 0.6 is 0 Å². The number of hydrogen-bond acceptors (Lipinski definition) is 6. The van der Waals surface area contributed by atoms with Crippen molar-refractivity contribution in [1.29, 1.82) is 0 Å². The highest BCUT2D eigenvalue weighted by atomic mass is 16.3. The fourth-order valence-corrected chi connectivity index (χ4v) is 1.63. The predicted molar refractivity (Wildman–Crippen MR) is 70.6 cm³/mol. The minimum absolute atomic E-state index is 0.277. The van der Waals surface area contributed by atoms with Crippen molar-refractivity contribution in [3.63, 3.8) is 0 Å². The second kappa shape index (κ2) is 5.63. The van der Waals surface area contributed by atoms with Gasteiger partial charge in [-0.25, -0.2) is 4.98 Å². The van der Waals surface area contributed by atoms with E-state index in [0.717, 1.165) is 11.9 Å². The highest BCUT2D eigenvalue weighted by Crippen LogP contribution is 2.18. The summed E-state index contributed by atoms with van der Waals surface area (Å²) in [5.74, 6) is 1.22. The molecule has 2 aromatic rings. The molecule has 1 unspecified atom stereocenters. The van der Waals surface area contributed by atoms with E-state index in [1.807, 2.05) is 6.92 Å². The van der Waals surface area contributed by atoms with Gasteiger partial charge in [-0.05, 0) is 12.8 Å².